The molecule has 0 saturated heterocycles. The highest BCUT2D eigenvalue weighted by Crippen LogP contribution is 2.19. The molecular formula is C19H23N5O. The number of rotatable bonds is 6. The number of hydrogen-bond donors (Lipinski definition) is 1. The van der Waals surface area contributed by atoms with Gasteiger partial charge in [-0.25, -0.2) is 0 Å². The van der Waals surface area contributed by atoms with Crippen molar-refractivity contribution in [2.45, 2.75) is 39.9 Å². The lowest BCUT2D eigenvalue weighted by Gasteiger charge is -2.13. The highest BCUT2D eigenvalue weighted by Gasteiger charge is 2.17. The molecule has 0 aliphatic carbocycles. The summed E-state index contributed by atoms with van der Waals surface area (Å²) >= 11 is 0. The zero-order valence-corrected chi connectivity index (χ0v) is 14.8. The van der Waals surface area contributed by atoms with Gasteiger partial charge in [-0.3, -0.25) is 14.2 Å². The molecule has 3 aromatic rings. The Hall–Kier alpha value is -2.89. The molecule has 6 nitrogen and oxygen atoms in total. The van der Waals surface area contributed by atoms with E-state index in [4.69, 9.17) is 0 Å². The molecule has 0 bridgehead atoms. The first kappa shape index (κ1) is 17.0. The Morgan fingerprint density at radius 3 is 2.72 bits per heavy atom. The summed E-state index contributed by atoms with van der Waals surface area (Å²) in [4.78, 5) is 12.5. The maximum absolute atomic E-state index is 12.5. The minimum atomic E-state index is -0.378. The van der Waals surface area contributed by atoms with Gasteiger partial charge in [0.1, 0.15) is 6.04 Å². The molecule has 25 heavy (non-hydrogen) atoms. The van der Waals surface area contributed by atoms with Gasteiger partial charge in [0.25, 0.3) is 0 Å². The molecule has 0 fully saturated rings. The second-order valence-corrected chi connectivity index (χ2v) is 6.06. The maximum Gasteiger partial charge on any atom is 0.244 e. The second kappa shape index (κ2) is 7.34. The third-order valence-corrected chi connectivity index (χ3v) is 4.21. The van der Waals surface area contributed by atoms with E-state index in [-0.39, 0.29) is 11.9 Å². The molecule has 6 heteroatoms. The monoisotopic (exact) mass is 337 g/mol. The Kier molecular flexibility index (Phi) is 4.97. The number of aromatic nitrogens is 4. The number of benzene rings is 1. The molecule has 0 aliphatic rings. The summed E-state index contributed by atoms with van der Waals surface area (Å²) in [5.41, 5.74) is 4.05. The average Bonchev–Trinajstić information content (AvgIpc) is 3.26. The highest BCUT2D eigenvalue weighted by molar-refractivity contribution is 5.79. The minimum Gasteiger partial charge on any atom is -0.349 e. The molecule has 1 aromatic carbocycles. The predicted molar refractivity (Wildman–Crippen MR) is 96.9 cm³/mol. The summed E-state index contributed by atoms with van der Waals surface area (Å²) in [5, 5.41) is 11.7. The van der Waals surface area contributed by atoms with Crippen LogP contribution < -0.4 is 5.32 Å². The van der Waals surface area contributed by atoms with Gasteiger partial charge < -0.3 is 5.32 Å². The van der Waals surface area contributed by atoms with Crippen molar-refractivity contribution >= 4 is 5.91 Å². The van der Waals surface area contributed by atoms with Crippen molar-refractivity contribution in [3.63, 3.8) is 0 Å². The number of amides is 1. The van der Waals surface area contributed by atoms with Gasteiger partial charge in [0.05, 0.1) is 24.1 Å². The number of aryl methyl sites for hydroxylation is 2. The third-order valence-electron chi connectivity index (χ3n) is 4.21. The lowest BCUT2D eigenvalue weighted by atomic mass is 10.1. The summed E-state index contributed by atoms with van der Waals surface area (Å²) in [6.45, 7) is 7.09. The first-order valence-electron chi connectivity index (χ1n) is 8.49. The van der Waals surface area contributed by atoms with Crippen molar-refractivity contribution in [3.8, 4) is 11.1 Å². The molecule has 1 unspecified atom stereocenters. The third kappa shape index (κ3) is 3.79. The van der Waals surface area contributed by atoms with E-state index in [2.05, 4.69) is 15.5 Å². The first-order chi connectivity index (χ1) is 12.1. The van der Waals surface area contributed by atoms with Gasteiger partial charge >= 0.3 is 0 Å². The number of carbonyl (C=O) groups excluding carboxylic acids is 1. The Bertz CT molecular complexity index is 850. The topological polar surface area (TPSA) is 64.7 Å². The van der Waals surface area contributed by atoms with Crippen LogP contribution in [0.4, 0.5) is 0 Å². The number of carbonyl (C=O) groups is 1. The summed E-state index contributed by atoms with van der Waals surface area (Å²) in [5.74, 6) is -0.0655. The molecule has 2 heterocycles. The SMILES string of the molecule is CCn1nc(C)cc1CNC(=O)C(C)n1cc(-c2ccccc2)cn1. The summed E-state index contributed by atoms with van der Waals surface area (Å²) in [6.07, 6.45) is 3.69. The van der Waals surface area contributed by atoms with Crippen LogP contribution in [0.2, 0.25) is 0 Å². The van der Waals surface area contributed by atoms with Crippen LogP contribution in [0.5, 0.6) is 0 Å². The first-order valence-corrected chi connectivity index (χ1v) is 8.49. The fourth-order valence-electron chi connectivity index (χ4n) is 2.79. The van der Waals surface area contributed by atoms with Gasteiger partial charge in [-0.2, -0.15) is 10.2 Å². The van der Waals surface area contributed by atoms with Crippen molar-refractivity contribution in [1.82, 2.24) is 24.9 Å². The molecule has 130 valence electrons. The molecule has 0 aliphatic heterocycles. The summed E-state index contributed by atoms with van der Waals surface area (Å²) in [6, 6.07) is 11.6. The van der Waals surface area contributed by atoms with Crippen LogP contribution in [0, 0.1) is 6.92 Å². The van der Waals surface area contributed by atoms with E-state index in [0.29, 0.717) is 6.54 Å². The maximum atomic E-state index is 12.5. The molecule has 0 spiro atoms. The lowest BCUT2D eigenvalue weighted by molar-refractivity contribution is -0.124. The molecule has 3 rings (SSSR count). The van der Waals surface area contributed by atoms with Crippen molar-refractivity contribution in [3.05, 3.63) is 60.2 Å². The van der Waals surface area contributed by atoms with E-state index in [1.807, 2.05) is 68.0 Å². The van der Waals surface area contributed by atoms with E-state index >= 15 is 0 Å². The van der Waals surface area contributed by atoms with Crippen molar-refractivity contribution in [2.24, 2.45) is 0 Å². The van der Waals surface area contributed by atoms with Gasteiger partial charge in [-0.15, -0.1) is 0 Å². The zero-order valence-electron chi connectivity index (χ0n) is 14.8. The smallest absolute Gasteiger partial charge is 0.244 e. The number of nitrogens with one attached hydrogen (secondary N) is 1. The van der Waals surface area contributed by atoms with Crippen LogP contribution in [0.1, 0.15) is 31.3 Å². The summed E-state index contributed by atoms with van der Waals surface area (Å²) < 4.78 is 3.60. The van der Waals surface area contributed by atoms with Gasteiger partial charge in [0.15, 0.2) is 0 Å². The Balaban J connectivity index is 1.65. The van der Waals surface area contributed by atoms with Crippen LogP contribution in [0.15, 0.2) is 48.8 Å². The number of nitrogens with zero attached hydrogens (tertiary/aromatic N) is 4. The summed E-state index contributed by atoms with van der Waals surface area (Å²) in [7, 11) is 0. The van der Waals surface area contributed by atoms with Crippen LogP contribution in [0.25, 0.3) is 11.1 Å². The van der Waals surface area contributed by atoms with Crippen LogP contribution >= 0.6 is 0 Å². The van der Waals surface area contributed by atoms with Gasteiger partial charge in [-0.1, -0.05) is 30.3 Å². The minimum absolute atomic E-state index is 0.0655. The highest BCUT2D eigenvalue weighted by atomic mass is 16.2. The van der Waals surface area contributed by atoms with Crippen molar-refractivity contribution in [1.29, 1.82) is 0 Å². The molecular weight excluding hydrogens is 314 g/mol. The average molecular weight is 337 g/mol. The quantitative estimate of drug-likeness (QED) is 0.752. The van der Waals surface area contributed by atoms with Gasteiger partial charge in [-0.05, 0) is 32.4 Å². The molecule has 1 atom stereocenters. The Labute approximate surface area is 147 Å². The van der Waals surface area contributed by atoms with E-state index < -0.39 is 0 Å². The van der Waals surface area contributed by atoms with Gasteiger partial charge in [0.2, 0.25) is 5.91 Å². The van der Waals surface area contributed by atoms with Crippen molar-refractivity contribution in [2.75, 3.05) is 0 Å². The largest absolute Gasteiger partial charge is 0.349 e. The molecule has 0 radical (unpaired) electrons. The molecule has 2 aromatic heterocycles. The Morgan fingerprint density at radius 2 is 2.00 bits per heavy atom. The van der Waals surface area contributed by atoms with Crippen LogP contribution in [0.3, 0.4) is 0 Å². The molecule has 1 amide bonds. The number of hydrogen-bond acceptors (Lipinski definition) is 3. The predicted octanol–water partition coefficient (Wildman–Crippen LogP) is 2.95. The lowest BCUT2D eigenvalue weighted by Crippen LogP contribution is -2.31. The molecule has 0 saturated carbocycles. The van der Waals surface area contributed by atoms with Crippen LogP contribution in [-0.2, 0) is 17.9 Å². The second-order valence-electron chi connectivity index (χ2n) is 6.06. The van der Waals surface area contributed by atoms with Crippen molar-refractivity contribution < 1.29 is 4.79 Å². The Morgan fingerprint density at radius 1 is 1.24 bits per heavy atom. The van der Waals surface area contributed by atoms with E-state index in [9.17, 15) is 4.79 Å². The van der Waals surface area contributed by atoms with E-state index in [0.717, 1.165) is 29.1 Å². The molecule has 1 N–H and O–H groups in total. The van der Waals surface area contributed by atoms with E-state index in [1.54, 1.807) is 10.9 Å². The van der Waals surface area contributed by atoms with Gasteiger partial charge in [0, 0.05) is 18.3 Å². The standard InChI is InChI=1S/C19H23N5O/c1-4-23-18(10-14(2)22-23)12-20-19(25)15(3)24-13-17(11-21-24)16-8-6-5-7-9-16/h5-11,13,15H,4,12H2,1-3H3,(H,20,25). The van der Waals surface area contributed by atoms with Crippen LogP contribution in [-0.4, -0.2) is 25.5 Å². The van der Waals surface area contributed by atoms with E-state index in [1.165, 1.54) is 0 Å². The normalized spacial score (nSPS) is 12.1. The fraction of sp³-hybridized carbons (Fsp3) is 0.316. The zero-order chi connectivity index (χ0) is 17.8. The fourth-order valence-corrected chi connectivity index (χ4v) is 2.79.